The summed E-state index contributed by atoms with van der Waals surface area (Å²) in [5.74, 6) is 1.72. The van der Waals surface area contributed by atoms with Crippen molar-refractivity contribution in [3.8, 4) is 0 Å². The Morgan fingerprint density at radius 3 is 2.71 bits per heavy atom. The molecule has 0 aromatic heterocycles. The summed E-state index contributed by atoms with van der Waals surface area (Å²) < 4.78 is 0. The van der Waals surface area contributed by atoms with Gasteiger partial charge < -0.3 is 0 Å². The van der Waals surface area contributed by atoms with Crippen LogP contribution in [0.25, 0.3) is 10.8 Å². The van der Waals surface area contributed by atoms with Crippen LogP contribution in [0.1, 0.15) is 30.4 Å². The highest BCUT2D eigenvalue weighted by molar-refractivity contribution is 6.31. The molecule has 1 spiro atoms. The molecule has 2 bridgehead atoms. The highest BCUT2D eigenvalue weighted by Crippen LogP contribution is 2.57. The largest absolute Gasteiger partial charge is 0.0851 e. The molecule has 106 valence electrons. The first-order valence-electron chi connectivity index (χ1n) is 8.11. The zero-order chi connectivity index (χ0) is 14.0. The average molecular weight is 295 g/mol. The van der Waals surface area contributed by atoms with E-state index in [0.717, 1.165) is 16.9 Å². The maximum absolute atomic E-state index is 6.14. The molecule has 2 aromatic rings. The number of fused-ring (bicyclic) bond motifs is 5. The molecular weight excluding hydrogens is 276 g/mol. The Labute approximate surface area is 130 Å². The van der Waals surface area contributed by atoms with Crippen molar-refractivity contribution in [3.05, 3.63) is 58.6 Å². The lowest BCUT2D eigenvalue weighted by Gasteiger charge is -2.40. The van der Waals surface area contributed by atoms with Crippen LogP contribution in [0, 0.1) is 17.3 Å². The second-order valence-electron chi connectivity index (χ2n) is 7.34. The average Bonchev–Trinajstić information content (AvgIpc) is 3.06. The van der Waals surface area contributed by atoms with Crippen molar-refractivity contribution in [1.82, 2.24) is 0 Å². The molecule has 21 heavy (non-hydrogen) atoms. The standard InChI is InChI=1S/C20H19Cl/c21-19-4-2-14-9-17-12-20(11-13-1-3-18(20)7-13)6-5-15(17)8-16(14)10-19/h1-4,8-10,13,18H,5-7,11-12H2. The lowest BCUT2D eigenvalue weighted by atomic mass is 9.64. The lowest BCUT2D eigenvalue weighted by Crippen LogP contribution is -2.32. The highest BCUT2D eigenvalue weighted by Gasteiger charge is 2.49. The molecule has 1 saturated carbocycles. The number of hydrogen-bond donors (Lipinski definition) is 0. The van der Waals surface area contributed by atoms with Gasteiger partial charge in [0.1, 0.15) is 0 Å². The van der Waals surface area contributed by atoms with Crippen molar-refractivity contribution in [2.75, 3.05) is 0 Å². The van der Waals surface area contributed by atoms with Crippen LogP contribution in [-0.2, 0) is 12.8 Å². The lowest BCUT2D eigenvalue weighted by molar-refractivity contribution is 0.195. The van der Waals surface area contributed by atoms with Gasteiger partial charge in [-0.15, -0.1) is 0 Å². The van der Waals surface area contributed by atoms with Gasteiger partial charge in [-0.2, -0.15) is 0 Å². The number of allylic oxidation sites excluding steroid dienone is 2. The number of hydrogen-bond acceptors (Lipinski definition) is 0. The predicted octanol–water partition coefficient (Wildman–Crippen LogP) is 5.56. The topological polar surface area (TPSA) is 0 Å². The third-order valence-corrected chi connectivity index (χ3v) is 6.42. The van der Waals surface area contributed by atoms with Gasteiger partial charge in [0, 0.05) is 5.02 Å². The number of aryl methyl sites for hydroxylation is 1. The van der Waals surface area contributed by atoms with Crippen LogP contribution in [0.5, 0.6) is 0 Å². The van der Waals surface area contributed by atoms with Gasteiger partial charge in [0.15, 0.2) is 0 Å². The van der Waals surface area contributed by atoms with Crippen LogP contribution < -0.4 is 0 Å². The summed E-state index contributed by atoms with van der Waals surface area (Å²) in [4.78, 5) is 0. The van der Waals surface area contributed by atoms with E-state index < -0.39 is 0 Å². The fourth-order valence-electron chi connectivity index (χ4n) is 5.16. The summed E-state index contributed by atoms with van der Waals surface area (Å²) in [5, 5.41) is 3.48. The summed E-state index contributed by atoms with van der Waals surface area (Å²) in [5.41, 5.74) is 3.73. The van der Waals surface area contributed by atoms with E-state index in [4.69, 9.17) is 11.6 Å². The minimum absolute atomic E-state index is 0.576. The predicted molar refractivity (Wildman–Crippen MR) is 88.8 cm³/mol. The third kappa shape index (κ3) is 1.75. The zero-order valence-electron chi connectivity index (χ0n) is 12.1. The van der Waals surface area contributed by atoms with E-state index in [1.807, 2.05) is 6.07 Å². The first kappa shape index (κ1) is 12.3. The molecule has 0 nitrogen and oxygen atoms in total. The molecule has 0 saturated heterocycles. The van der Waals surface area contributed by atoms with Crippen molar-refractivity contribution in [1.29, 1.82) is 0 Å². The molecule has 0 heterocycles. The monoisotopic (exact) mass is 294 g/mol. The number of halogens is 1. The Kier molecular flexibility index (Phi) is 2.42. The second-order valence-corrected chi connectivity index (χ2v) is 7.78. The van der Waals surface area contributed by atoms with E-state index in [9.17, 15) is 0 Å². The normalized spacial score (nSPS) is 33.0. The van der Waals surface area contributed by atoms with Crippen LogP contribution in [0.3, 0.4) is 0 Å². The SMILES string of the molecule is Clc1ccc2cc3c(cc2c1)CCC1(C3)CC2C=CC1C2. The van der Waals surface area contributed by atoms with Gasteiger partial charge in [-0.1, -0.05) is 42.0 Å². The molecule has 3 unspecified atom stereocenters. The Morgan fingerprint density at radius 1 is 1.00 bits per heavy atom. The van der Waals surface area contributed by atoms with Gasteiger partial charge in [-0.3, -0.25) is 0 Å². The maximum atomic E-state index is 6.14. The minimum atomic E-state index is 0.576. The molecule has 1 heteroatoms. The van der Waals surface area contributed by atoms with Gasteiger partial charge in [0.2, 0.25) is 0 Å². The summed E-state index contributed by atoms with van der Waals surface area (Å²) in [7, 11) is 0. The van der Waals surface area contributed by atoms with Crippen molar-refractivity contribution < 1.29 is 0 Å². The summed E-state index contributed by atoms with van der Waals surface area (Å²) in [6.07, 6.45) is 11.7. The van der Waals surface area contributed by atoms with E-state index in [1.54, 1.807) is 11.1 Å². The van der Waals surface area contributed by atoms with E-state index in [-0.39, 0.29) is 0 Å². The Bertz CT molecular complexity index is 773. The molecule has 0 aliphatic heterocycles. The van der Waals surface area contributed by atoms with Crippen molar-refractivity contribution >= 4 is 22.4 Å². The van der Waals surface area contributed by atoms with E-state index in [2.05, 4.69) is 36.4 Å². The summed E-state index contributed by atoms with van der Waals surface area (Å²) >= 11 is 6.14. The van der Waals surface area contributed by atoms with Gasteiger partial charge in [-0.05, 0) is 83.4 Å². The molecule has 1 fully saturated rings. The molecule has 0 N–H and O–H groups in total. The van der Waals surface area contributed by atoms with Crippen LogP contribution in [0.2, 0.25) is 5.02 Å². The molecule has 0 amide bonds. The highest BCUT2D eigenvalue weighted by atomic mass is 35.5. The summed E-state index contributed by atoms with van der Waals surface area (Å²) in [6.45, 7) is 0. The Balaban J connectivity index is 1.60. The maximum Gasteiger partial charge on any atom is 0.0412 e. The quantitative estimate of drug-likeness (QED) is 0.558. The Hall–Kier alpha value is -1.27. The number of rotatable bonds is 0. The van der Waals surface area contributed by atoms with Gasteiger partial charge in [0.05, 0.1) is 0 Å². The van der Waals surface area contributed by atoms with Crippen LogP contribution >= 0.6 is 11.6 Å². The zero-order valence-corrected chi connectivity index (χ0v) is 12.9. The molecule has 5 rings (SSSR count). The third-order valence-electron chi connectivity index (χ3n) is 6.18. The molecule has 2 aromatic carbocycles. The van der Waals surface area contributed by atoms with Gasteiger partial charge >= 0.3 is 0 Å². The van der Waals surface area contributed by atoms with Crippen LogP contribution in [-0.4, -0.2) is 0 Å². The van der Waals surface area contributed by atoms with Crippen molar-refractivity contribution in [2.45, 2.75) is 32.1 Å². The van der Waals surface area contributed by atoms with E-state index in [1.165, 1.54) is 42.9 Å². The molecule has 3 aliphatic rings. The van der Waals surface area contributed by atoms with Crippen LogP contribution in [0.15, 0.2) is 42.5 Å². The fourth-order valence-corrected chi connectivity index (χ4v) is 5.34. The molecular formula is C20H19Cl. The fraction of sp³-hybridized carbons (Fsp3) is 0.400. The Morgan fingerprint density at radius 2 is 1.90 bits per heavy atom. The van der Waals surface area contributed by atoms with Gasteiger partial charge in [0.25, 0.3) is 0 Å². The summed E-state index contributed by atoms with van der Waals surface area (Å²) in [6, 6.07) is 11.1. The van der Waals surface area contributed by atoms with E-state index in [0.29, 0.717) is 5.41 Å². The van der Waals surface area contributed by atoms with E-state index >= 15 is 0 Å². The van der Waals surface area contributed by atoms with Crippen molar-refractivity contribution in [2.24, 2.45) is 17.3 Å². The van der Waals surface area contributed by atoms with Crippen molar-refractivity contribution in [3.63, 3.8) is 0 Å². The molecule has 3 atom stereocenters. The van der Waals surface area contributed by atoms with Crippen LogP contribution in [0.4, 0.5) is 0 Å². The minimum Gasteiger partial charge on any atom is -0.0851 e. The van der Waals surface area contributed by atoms with Gasteiger partial charge in [-0.25, -0.2) is 0 Å². The first-order chi connectivity index (χ1) is 10.2. The smallest absolute Gasteiger partial charge is 0.0412 e. The first-order valence-corrected chi connectivity index (χ1v) is 8.49. The second kappa shape index (κ2) is 4.14. The number of benzene rings is 2. The molecule has 0 radical (unpaired) electrons. The molecule has 3 aliphatic carbocycles.